The number of rotatable bonds is 12. The predicted octanol–water partition coefficient (Wildman–Crippen LogP) is 6.89. The SMILES string of the molecule is C=C(C)[C@H]1CC[C@]2(NCCN3CCOCC3)CCC3(C)[C@@H](CCC4[C@@]5(C)CC[C@H](OC(=O)CC(C)(C)C(=O)O)C(C)(C)[C@@H]5CC[C@]43C)[C@]12C(=O)CNC. The first kappa shape index (κ1) is 40.8. The van der Waals surface area contributed by atoms with E-state index in [2.05, 4.69) is 63.7 Å². The molecule has 0 aromatic heterocycles. The van der Waals surface area contributed by atoms with Crippen LogP contribution in [-0.4, -0.2) is 92.4 Å². The second-order valence-electron chi connectivity index (χ2n) is 20.5. The molecule has 300 valence electrons. The van der Waals surface area contributed by atoms with Crippen LogP contribution in [0.15, 0.2) is 12.2 Å². The highest BCUT2D eigenvalue weighted by Crippen LogP contribution is 2.79. The number of fused-ring (bicyclic) bond motifs is 7. The number of likely N-dealkylation sites (N-methyl/N-ethyl adjacent to an activating group) is 1. The summed E-state index contributed by atoms with van der Waals surface area (Å²) in [5.41, 5.74) is -0.871. The largest absolute Gasteiger partial charge is 0.481 e. The van der Waals surface area contributed by atoms with Gasteiger partial charge in [-0.1, -0.05) is 46.8 Å². The van der Waals surface area contributed by atoms with Crippen LogP contribution in [0.1, 0.15) is 126 Å². The number of carbonyl (C=O) groups excluding carboxylic acids is 2. The molecular formula is C44H73N3O6. The van der Waals surface area contributed by atoms with E-state index in [1.807, 2.05) is 7.05 Å². The Balaban J connectivity index is 1.32. The molecule has 5 saturated carbocycles. The van der Waals surface area contributed by atoms with Crippen molar-refractivity contribution >= 4 is 17.7 Å². The fraction of sp³-hybridized carbons (Fsp3) is 0.886. The van der Waals surface area contributed by atoms with Crippen molar-refractivity contribution in [3.63, 3.8) is 0 Å². The first-order valence-electron chi connectivity index (χ1n) is 21.1. The van der Waals surface area contributed by atoms with Gasteiger partial charge in [0, 0.05) is 37.1 Å². The number of ether oxygens (including phenoxy) is 2. The topological polar surface area (TPSA) is 117 Å². The van der Waals surface area contributed by atoms with Gasteiger partial charge in [-0.25, -0.2) is 0 Å². The molecule has 5 aliphatic carbocycles. The summed E-state index contributed by atoms with van der Waals surface area (Å²) in [5, 5.41) is 17.2. The lowest BCUT2D eigenvalue weighted by Gasteiger charge is -2.74. The lowest BCUT2D eigenvalue weighted by molar-refractivity contribution is -0.258. The van der Waals surface area contributed by atoms with Crippen molar-refractivity contribution in [1.82, 2.24) is 15.5 Å². The highest BCUT2D eigenvalue weighted by atomic mass is 16.5. The van der Waals surface area contributed by atoms with E-state index in [4.69, 9.17) is 9.47 Å². The number of hydrogen-bond donors (Lipinski definition) is 3. The molecule has 0 spiro atoms. The van der Waals surface area contributed by atoms with Crippen molar-refractivity contribution in [2.45, 2.75) is 138 Å². The van der Waals surface area contributed by atoms with Gasteiger partial charge in [-0.05, 0) is 132 Å². The summed E-state index contributed by atoms with van der Waals surface area (Å²) in [4.78, 5) is 42.7. The Morgan fingerprint density at radius 2 is 1.55 bits per heavy atom. The smallest absolute Gasteiger partial charge is 0.309 e. The molecule has 6 aliphatic rings. The summed E-state index contributed by atoms with van der Waals surface area (Å²) >= 11 is 0. The number of ketones is 1. The summed E-state index contributed by atoms with van der Waals surface area (Å²) in [6.07, 6.45) is 9.94. The summed E-state index contributed by atoms with van der Waals surface area (Å²) in [6, 6.07) is 0. The minimum atomic E-state index is -1.16. The second kappa shape index (κ2) is 14.3. The van der Waals surface area contributed by atoms with Gasteiger partial charge in [0.05, 0.1) is 37.0 Å². The van der Waals surface area contributed by atoms with Crippen molar-refractivity contribution in [1.29, 1.82) is 0 Å². The number of carbonyl (C=O) groups is 3. The molecule has 10 atom stereocenters. The van der Waals surface area contributed by atoms with Gasteiger partial charge in [0.1, 0.15) is 6.10 Å². The normalized spacial score (nSPS) is 42.4. The Morgan fingerprint density at radius 3 is 2.19 bits per heavy atom. The van der Waals surface area contributed by atoms with E-state index in [0.29, 0.717) is 24.2 Å². The van der Waals surface area contributed by atoms with Crippen LogP contribution in [0.3, 0.4) is 0 Å². The predicted molar refractivity (Wildman–Crippen MR) is 208 cm³/mol. The van der Waals surface area contributed by atoms with Crippen molar-refractivity contribution in [3.8, 4) is 0 Å². The third-order valence-electron chi connectivity index (χ3n) is 17.5. The van der Waals surface area contributed by atoms with Crippen molar-refractivity contribution in [2.24, 2.45) is 56.2 Å². The molecule has 0 aromatic rings. The quantitative estimate of drug-likeness (QED) is 0.145. The molecule has 1 heterocycles. The van der Waals surface area contributed by atoms with Gasteiger partial charge < -0.3 is 25.2 Å². The number of morpholine rings is 1. The minimum Gasteiger partial charge on any atom is -0.481 e. The molecule has 0 radical (unpaired) electrons. The lowest BCUT2D eigenvalue weighted by Crippen LogP contribution is -2.75. The first-order chi connectivity index (χ1) is 24.8. The van der Waals surface area contributed by atoms with Gasteiger partial charge >= 0.3 is 11.9 Å². The Kier molecular flexibility index (Phi) is 11.0. The van der Waals surface area contributed by atoms with E-state index in [-0.39, 0.29) is 51.6 Å². The van der Waals surface area contributed by atoms with Gasteiger partial charge in [-0.3, -0.25) is 19.3 Å². The molecule has 9 nitrogen and oxygen atoms in total. The van der Waals surface area contributed by atoms with Crippen LogP contribution in [0.4, 0.5) is 0 Å². The number of allylic oxidation sites excluding steroid dienone is 1. The molecule has 1 aliphatic heterocycles. The number of carboxylic acid groups (broad SMARTS) is 1. The maximum atomic E-state index is 15.2. The number of hydrogen-bond acceptors (Lipinski definition) is 8. The number of aliphatic carboxylic acids is 1. The minimum absolute atomic E-state index is 0.0173. The Labute approximate surface area is 320 Å². The second-order valence-corrected chi connectivity index (χ2v) is 20.5. The van der Waals surface area contributed by atoms with Crippen LogP contribution in [0.5, 0.6) is 0 Å². The maximum absolute atomic E-state index is 15.2. The molecule has 6 rings (SSSR count). The molecule has 9 heteroatoms. The van der Waals surface area contributed by atoms with Crippen molar-refractivity contribution in [2.75, 3.05) is 53.0 Å². The average molecular weight is 740 g/mol. The van der Waals surface area contributed by atoms with Crippen LogP contribution in [-0.2, 0) is 23.9 Å². The molecule has 2 unspecified atom stereocenters. The van der Waals surface area contributed by atoms with Crippen LogP contribution in [0, 0.1) is 56.2 Å². The fourth-order valence-electron chi connectivity index (χ4n) is 14.7. The van der Waals surface area contributed by atoms with Crippen LogP contribution < -0.4 is 10.6 Å². The van der Waals surface area contributed by atoms with E-state index in [9.17, 15) is 14.7 Å². The third kappa shape index (κ3) is 6.19. The van der Waals surface area contributed by atoms with Gasteiger partial charge in [-0.2, -0.15) is 0 Å². The molecule has 0 aromatic carbocycles. The molecule has 53 heavy (non-hydrogen) atoms. The number of carboxylic acids is 1. The Morgan fingerprint density at radius 1 is 0.887 bits per heavy atom. The van der Waals surface area contributed by atoms with E-state index in [1.165, 1.54) is 5.57 Å². The Hall–Kier alpha value is -1.81. The Bertz CT molecular complexity index is 1440. The van der Waals surface area contributed by atoms with Crippen molar-refractivity contribution in [3.05, 3.63) is 12.2 Å². The zero-order valence-corrected chi connectivity index (χ0v) is 34.8. The maximum Gasteiger partial charge on any atom is 0.309 e. The standard InChI is InChI=1S/C44H73N3O6/c1-29(2)30-13-18-43(46-21-22-47-23-25-52-26-24-47)20-19-42(9)33(44(30,43)34(48)28-45-10)12-11-32-40(7)16-15-35(53-36(49)27-38(3,4)37(50)51)39(5,6)31(40)14-17-41(32,42)8/h30-33,35,45-46H,1,11-28H2,2-10H3,(H,50,51)/t30-,31+,32?,33-,35+,40+,41-,42?,43+,44+/m1/s1. The zero-order valence-electron chi connectivity index (χ0n) is 34.8. The van der Waals surface area contributed by atoms with Crippen molar-refractivity contribution < 1.29 is 29.0 Å². The average Bonchev–Trinajstić information content (AvgIpc) is 3.43. The first-order valence-corrected chi connectivity index (χ1v) is 21.1. The van der Waals surface area contributed by atoms with Gasteiger partial charge in [0.2, 0.25) is 0 Å². The monoisotopic (exact) mass is 740 g/mol. The highest BCUT2D eigenvalue weighted by Gasteiger charge is 2.77. The summed E-state index contributed by atoms with van der Waals surface area (Å²) in [5.74, 6) is 0.297. The molecule has 6 fully saturated rings. The molecule has 3 N–H and O–H groups in total. The lowest BCUT2D eigenvalue weighted by atomic mass is 9.30. The van der Waals surface area contributed by atoms with Gasteiger partial charge in [0.25, 0.3) is 0 Å². The molecule has 1 saturated heterocycles. The van der Waals surface area contributed by atoms with E-state index in [1.54, 1.807) is 13.8 Å². The fourth-order valence-corrected chi connectivity index (χ4v) is 14.7. The number of nitrogens with one attached hydrogen (secondary N) is 2. The number of Topliss-reactive ketones (excluding diaryl/α,β-unsaturated/α-hetero) is 1. The summed E-state index contributed by atoms with van der Waals surface area (Å²) in [7, 11) is 1.93. The van der Waals surface area contributed by atoms with Crippen LogP contribution in [0.25, 0.3) is 0 Å². The van der Waals surface area contributed by atoms with E-state index < -0.39 is 22.8 Å². The summed E-state index contributed by atoms with van der Waals surface area (Å²) < 4.78 is 11.8. The van der Waals surface area contributed by atoms with E-state index >= 15 is 4.79 Å². The number of nitrogens with zero attached hydrogens (tertiary/aromatic N) is 1. The molecule has 0 bridgehead atoms. The van der Waals surface area contributed by atoms with E-state index in [0.717, 1.165) is 104 Å². The van der Waals surface area contributed by atoms with Crippen LogP contribution in [0.2, 0.25) is 0 Å². The highest BCUT2D eigenvalue weighted by molar-refractivity contribution is 5.90. The third-order valence-corrected chi connectivity index (χ3v) is 17.5. The zero-order chi connectivity index (χ0) is 38.8. The molecule has 0 amide bonds. The van der Waals surface area contributed by atoms with Gasteiger partial charge in [-0.15, -0.1) is 0 Å². The van der Waals surface area contributed by atoms with Gasteiger partial charge in [0.15, 0.2) is 5.78 Å². The number of esters is 1. The molecular weight excluding hydrogens is 666 g/mol. The van der Waals surface area contributed by atoms with Crippen LogP contribution >= 0.6 is 0 Å². The summed E-state index contributed by atoms with van der Waals surface area (Å²) in [6.45, 7) is 28.1.